The second kappa shape index (κ2) is 8.10. The zero-order chi connectivity index (χ0) is 17.8. The van der Waals surface area contributed by atoms with Gasteiger partial charge in [0.2, 0.25) is 0 Å². The molecule has 2 N–H and O–H groups in total. The van der Waals surface area contributed by atoms with Crippen LogP contribution in [0.5, 0.6) is 0 Å². The molecule has 0 radical (unpaired) electrons. The molecule has 0 aromatic heterocycles. The molecule has 4 heteroatoms. The van der Waals surface area contributed by atoms with Gasteiger partial charge in [-0.1, -0.05) is 55.7 Å². The lowest BCUT2D eigenvalue weighted by Crippen LogP contribution is -2.43. The number of aliphatic hydroxyl groups is 2. The van der Waals surface area contributed by atoms with Gasteiger partial charge in [-0.2, -0.15) is 0 Å². The van der Waals surface area contributed by atoms with Crippen LogP contribution in [0.1, 0.15) is 58.8 Å². The van der Waals surface area contributed by atoms with Crippen LogP contribution in [0, 0.1) is 17.3 Å². The molecule has 0 spiro atoms. The van der Waals surface area contributed by atoms with Crippen LogP contribution >= 0.6 is 0 Å². The number of rotatable bonds is 5. The van der Waals surface area contributed by atoms with Crippen LogP contribution in [-0.4, -0.2) is 24.9 Å². The lowest BCUT2D eigenvalue weighted by Gasteiger charge is -2.50. The minimum Gasteiger partial charge on any atom is -0.393 e. The van der Waals surface area contributed by atoms with Crippen LogP contribution in [0.25, 0.3) is 0 Å². The summed E-state index contributed by atoms with van der Waals surface area (Å²) in [5.74, 6) is 2.66. The lowest BCUT2D eigenvalue weighted by atomic mass is 10.1. The number of aliphatic hydroxyl groups excluding tert-OH is 2. The van der Waals surface area contributed by atoms with Gasteiger partial charge >= 0.3 is 0 Å². The highest BCUT2D eigenvalue weighted by Crippen LogP contribution is 2.40. The topological polar surface area (TPSA) is 40.5 Å². The Hall–Kier alpha value is -1.15. The largest absolute Gasteiger partial charge is 0.393 e. The van der Waals surface area contributed by atoms with Gasteiger partial charge in [0.05, 0.1) is 6.61 Å². The summed E-state index contributed by atoms with van der Waals surface area (Å²) in [6.45, 7) is 12.9. The smallest absolute Gasteiger partial charge is 0.130 e. The molecule has 23 heavy (non-hydrogen) atoms. The van der Waals surface area contributed by atoms with Crippen molar-refractivity contribution in [2.75, 3.05) is 6.61 Å². The Labute approximate surface area is 140 Å². The molecule has 0 saturated heterocycles. The summed E-state index contributed by atoms with van der Waals surface area (Å²) in [6.07, 6.45) is -1.19. The zero-order valence-corrected chi connectivity index (χ0v) is 16.0. The Morgan fingerprint density at radius 1 is 1.04 bits per heavy atom. The summed E-state index contributed by atoms with van der Waals surface area (Å²) >= 11 is 0. The molecule has 1 atom stereocenters. The molecular weight excluding hydrogens is 307 g/mol. The predicted molar refractivity (Wildman–Crippen MR) is 96.4 cm³/mol. The first kappa shape index (κ1) is 19.9. The zero-order valence-electron chi connectivity index (χ0n) is 15.0. The molecule has 1 rings (SSSR count). The third-order valence-corrected chi connectivity index (χ3v) is 11.1. The van der Waals surface area contributed by atoms with Crippen molar-refractivity contribution in [3.8, 4) is 11.5 Å². The van der Waals surface area contributed by atoms with E-state index >= 15 is 0 Å². The first-order valence-electron chi connectivity index (χ1n) is 8.28. The highest BCUT2D eigenvalue weighted by Gasteiger charge is 2.28. The van der Waals surface area contributed by atoms with Gasteiger partial charge in [0, 0.05) is 11.1 Å². The highest BCUT2D eigenvalue weighted by molar-refractivity contribution is 6.90. The van der Waals surface area contributed by atoms with Gasteiger partial charge in [0.25, 0.3) is 0 Å². The summed E-state index contributed by atoms with van der Waals surface area (Å²) in [5, 5.41) is 18.5. The van der Waals surface area contributed by atoms with Crippen molar-refractivity contribution in [2.45, 2.75) is 64.3 Å². The Morgan fingerprint density at radius 3 is 1.96 bits per heavy atom. The third kappa shape index (κ3) is 4.23. The van der Waals surface area contributed by atoms with E-state index in [1.165, 1.54) is 12.1 Å². The van der Waals surface area contributed by atoms with Crippen molar-refractivity contribution in [1.29, 1.82) is 0 Å². The fraction of sp³-hybridized carbons (Fsp3) is 0.579. The van der Waals surface area contributed by atoms with E-state index in [1.54, 1.807) is 6.07 Å². The van der Waals surface area contributed by atoms with Gasteiger partial charge in [-0.15, -0.1) is 22.5 Å². The lowest BCUT2D eigenvalue weighted by molar-refractivity contribution is 0.0926. The Morgan fingerprint density at radius 2 is 1.57 bits per heavy atom. The van der Waals surface area contributed by atoms with Gasteiger partial charge in [-0.25, -0.2) is 4.39 Å². The van der Waals surface area contributed by atoms with Crippen molar-refractivity contribution >= 4 is 8.07 Å². The van der Waals surface area contributed by atoms with Crippen molar-refractivity contribution in [2.24, 2.45) is 0 Å². The highest BCUT2D eigenvalue weighted by atomic mass is 28.3. The quantitative estimate of drug-likeness (QED) is 0.617. The second-order valence-electron chi connectivity index (χ2n) is 7.08. The van der Waals surface area contributed by atoms with Gasteiger partial charge < -0.3 is 10.2 Å². The average molecular weight is 337 g/mol. The molecule has 1 aromatic rings. The van der Waals surface area contributed by atoms with Gasteiger partial charge in [-0.05, 0) is 12.1 Å². The predicted octanol–water partition coefficient (Wildman–Crippen LogP) is 4.42. The molecule has 0 aliphatic carbocycles. The maximum Gasteiger partial charge on any atom is 0.130 e. The number of hydrogen-bond donors (Lipinski definition) is 2. The maximum absolute atomic E-state index is 14.1. The van der Waals surface area contributed by atoms with Gasteiger partial charge in [0.1, 0.15) is 11.9 Å². The summed E-state index contributed by atoms with van der Waals surface area (Å²) < 4.78 is 14.1. The minimum atomic E-state index is -1.84. The third-order valence-electron chi connectivity index (χ3n) is 4.82. The SMILES string of the molecule is CC(C)[Si-](C#Cc1ccc(C(O)CO)c(F)c1)(C(C)C)C(C)C. The van der Waals surface area contributed by atoms with Crippen LogP contribution in [0.4, 0.5) is 4.39 Å². The Balaban J connectivity index is 3.26. The van der Waals surface area contributed by atoms with Crippen LogP contribution < -0.4 is 0 Å². The van der Waals surface area contributed by atoms with Crippen LogP contribution in [0.3, 0.4) is 0 Å². The molecule has 1 aromatic carbocycles. The number of hydrogen-bond acceptors (Lipinski definition) is 2. The monoisotopic (exact) mass is 336 g/mol. The summed E-state index contributed by atoms with van der Waals surface area (Å²) in [7, 11) is -1.84. The van der Waals surface area contributed by atoms with E-state index in [0.29, 0.717) is 22.2 Å². The fourth-order valence-electron chi connectivity index (χ4n) is 3.59. The Bertz CT molecular complexity index is 563. The van der Waals surface area contributed by atoms with Gasteiger partial charge in [-0.3, -0.25) is 5.54 Å². The van der Waals surface area contributed by atoms with E-state index in [4.69, 9.17) is 5.11 Å². The number of benzene rings is 1. The van der Waals surface area contributed by atoms with Crippen molar-refractivity contribution < 1.29 is 14.6 Å². The Kier molecular flexibility index (Phi) is 7.00. The molecule has 0 fully saturated rings. The molecule has 129 valence electrons. The van der Waals surface area contributed by atoms with E-state index < -0.39 is 26.6 Å². The standard InChI is InChI=1S/C19H29FO2Si/c1-13(2)23(14(3)4,15(5)6)10-9-16-7-8-17(18(20)11-16)19(22)12-21/h7-8,11,13-15,19,21-22H,12H2,1-6H3/q-1. The fourth-order valence-corrected chi connectivity index (χ4v) is 8.81. The maximum atomic E-state index is 14.1. The molecule has 0 aliphatic rings. The van der Waals surface area contributed by atoms with Crippen molar-refractivity contribution in [1.82, 2.24) is 0 Å². The van der Waals surface area contributed by atoms with E-state index in [0.717, 1.165) is 0 Å². The molecule has 0 bridgehead atoms. The molecule has 0 amide bonds. The van der Waals surface area contributed by atoms with Crippen LogP contribution in [0.2, 0.25) is 16.6 Å². The van der Waals surface area contributed by atoms with Crippen molar-refractivity contribution in [3.63, 3.8) is 0 Å². The van der Waals surface area contributed by atoms with E-state index in [9.17, 15) is 9.50 Å². The summed E-state index contributed by atoms with van der Waals surface area (Å²) in [5.41, 5.74) is 5.85. The van der Waals surface area contributed by atoms with E-state index in [-0.39, 0.29) is 5.56 Å². The molecule has 0 aliphatic heterocycles. The molecule has 1 unspecified atom stereocenters. The van der Waals surface area contributed by atoms with Crippen LogP contribution in [-0.2, 0) is 0 Å². The molecule has 0 heterocycles. The van der Waals surface area contributed by atoms with E-state index in [1.807, 2.05) is 0 Å². The normalized spacial score (nSPS) is 13.4. The molecule has 0 saturated carbocycles. The first-order chi connectivity index (χ1) is 10.7. The van der Waals surface area contributed by atoms with E-state index in [2.05, 4.69) is 53.0 Å². The molecular formula is C19H29FO2Si-. The molecule has 2 nitrogen and oxygen atoms in total. The first-order valence-corrected chi connectivity index (χ1v) is 10.5. The minimum absolute atomic E-state index is 0.109. The average Bonchev–Trinajstić information content (AvgIpc) is 2.46. The van der Waals surface area contributed by atoms with Crippen LogP contribution in [0.15, 0.2) is 18.2 Å². The summed E-state index contributed by atoms with van der Waals surface area (Å²) in [6, 6.07) is 4.56. The second-order valence-corrected chi connectivity index (χ2v) is 12.7. The number of halogens is 1. The van der Waals surface area contributed by atoms with Crippen molar-refractivity contribution in [3.05, 3.63) is 35.1 Å². The summed E-state index contributed by atoms with van der Waals surface area (Å²) in [4.78, 5) is 0. The van der Waals surface area contributed by atoms with Gasteiger partial charge in [0.15, 0.2) is 0 Å².